The number of esters is 1. The van der Waals surface area contributed by atoms with Gasteiger partial charge >= 0.3 is 5.97 Å². The molecule has 7 heteroatoms. The average molecular weight is 405 g/mol. The van der Waals surface area contributed by atoms with Gasteiger partial charge in [-0.15, -0.1) is 0 Å². The standard InChI is InChI=1S/C22H19N3O3S/c1-27-20-14-16(15-23-25-22(29)24-18-10-6-3-7-11-18)12-13-19(20)28-21(26)17-8-4-2-5-9-17/h2-15H,1H3,(H2,24,25,29). The van der Waals surface area contributed by atoms with Crippen LogP contribution in [-0.2, 0) is 0 Å². The second-order valence-electron chi connectivity index (χ2n) is 5.86. The van der Waals surface area contributed by atoms with Gasteiger partial charge in [0.2, 0.25) is 0 Å². The monoisotopic (exact) mass is 405 g/mol. The molecule has 0 atom stereocenters. The Labute approximate surface area is 174 Å². The Morgan fingerprint density at radius 2 is 1.66 bits per heavy atom. The number of nitrogens with one attached hydrogen (secondary N) is 2. The number of ether oxygens (including phenoxy) is 2. The molecular formula is C22H19N3O3S. The van der Waals surface area contributed by atoms with E-state index < -0.39 is 5.97 Å². The zero-order chi connectivity index (χ0) is 20.5. The molecule has 0 aliphatic rings. The molecule has 0 aliphatic heterocycles. The van der Waals surface area contributed by atoms with E-state index in [-0.39, 0.29) is 0 Å². The quantitative estimate of drug-likeness (QED) is 0.210. The lowest BCUT2D eigenvalue weighted by atomic mass is 10.2. The van der Waals surface area contributed by atoms with Crippen molar-refractivity contribution >= 4 is 35.2 Å². The number of benzene rings is 3. The number of methoxy groups -OCH3 is 1. The summed E-state index contributed by atoms with van der Waals surface area (Å²) < 4.78 is 10.8. The van der Waals surface area contributed by atoms with Crippen LogP contribution in [0, 0.1) is 0 Å². The lowest BCUT2D eigenvalue weighted by molar-refractivity contribution is 0.0729. The van der Waals surface area contributed by atoms with E-state index in [2.05, 4.69) is 15.8 Å². The van der Waals surface area contributed by atoms with Gasteiger partial charge in [-0.25, -0.2) is 4.79 Å². The molecule has 0 radical (unpaired) electrons. The number of nitrogens with zero attached hydrogens (tertiary/aromatic N) is 1. The Kier molecular flexibility index (Phi) is 6.91. The zero-order valence-corrected chi connectivity index (χ0v) is 16.5. The molecule has 3 rings (SSSR count). The predicted octanol–water partition coefficient (Wildman–Crippen LogP) is 4.23. The second-order valence-corrected chi connectivity index (χ2v) is 6.26. The van der Waals surface area contributed by atoms with Crippen molar-refractivity contribution in [3.8, 4) is 11.5 Å². The third kappa shape index (κ3) is 5.88. The normalized spacial score (nSPS) is 10.4. The zero-order valence-electron chi connectivity index (χ0n) is 15.7. The lowest BCUT2D eigenvalue weighted by Crippen LogP contribution is -2.23. The molecule has 0 saturated carbocycles. The van der Waals surface area contributed by atoms with Crippen LogP contribution in [-0.4, -0.2) is 24.4 Å². The van der Waals surface area contributed by atoms with Crippen LogP contribution in [0.25, 0.3) is 0 Å². The summed E-state index contributed by atoms with van der Waals surface area (Å²) in [6, 6.07) is 23.4. The van der Waals surface area contributed by atoms with Gasteiger partial charge in [-0.05, 0) is 60.2 Å². The average Bonchev–Trinajstić information content (AvgIpc) is 2.76. The third-order valence-electron chi connectivity index (χ3n) is 3.81. The molecule has 0 spiro atoms. The fourth-order valence-corrected chi connectivity index (χ4v) is 2.60. The first-order valence-corrected chi connectivity index (χ1v) is 9.17. The summed E-state index contributed by atoms with van der Waals surface area (Å²) in [6.45, 7) is 0. The highest BCUT2D eigenvalue weighted by atomic mass is 32.1. The summed E-state index contributed by atoms with van der Waals surface area (Å²) in [5, 5.41) is 7.50. The molecular weight excluding hydrogens is 386 g/mol. The van der Waals surface area contributed by atoms with E-state index in [4.69, 9.17) is 21.7 Å². The molecule has 0 fully saturated rings. The Morgan fingerprint density at radius 1 is 0.966 bits per heavy atom. The van der Waals surface area contributed by atoms with Crippen LogP contribution in [0.5, 0.6) is 11.5 Å². The van der Waals surface area contributed by atoms with Crippen molar-refractivity contribution in [2.45, 2.75) is 0 Å². The van der Waals surface area contributed by atoms with Crippen LogP contribution in [0.2, 0.25) is 0 Å². The summed E-state index contributed by atoms with van der Waals surface area (Å²) in [6.07, 6.45) is 1.59. The van der Waals surface area contributed by atoms with Gasteiger partial charge in [0.1, 0.15) is 0 Å². The molecule has 0 amide bonds. The van der Waals surface area contributed by atoms with Crippen LogP contribution in [0.3, 0.4) is 0 Å². The van der Waals surface area contributed by atoms with Crippen molar-refractivity contribution in [2.24, 2.45) is 5.10 Å². The Morgan fingerprint density at radius 3 is 2.34 bits per heavy atom. The van der Waals surface area contributed by atoms with Crippen LogP contribution in [0.1, 0.15) is 15.9 Å². The summed E-state index contributed by atoms with van der Waals surface area (Å²) in [5.74, 6) is 0.292. The van der Waals surface area contributed by atoms with E-state index in [0.29, 0.717) is 22.2 Å². The van der Waals surface area contributed by atoms with Gasteiger partial charge in [-0.1, -0.05) is 36.4 Å². The van der Waals surface area contributed by atoms with E-state index in [1.807, 2.05) is 36.4 Å². The van der Waals surface area contributed by atoms with Gasteiger partial charge < -0.3 is 14.8 Å². The Bertz CT molecular complexity index is 1010. The minimum absolute atomic E-state index is 0.327. The number of carbonyl (C=O) groups is 1. The van der Waals surface area contributed by atoms with Gasteiger partial charge in [-0.2, -0.15) is 5.10 Å². The molecule has 0 aliphatic carbocycles. The number of hydrogen-bond donors (Lipinski definition) is 2. The maximum atomic E-state index is 12.2. The predicted molar refractivity (Wildman–Crippen MR) is 118 cm³/mol. The fourth-order valence-electron chi connectivity index (χ4n) is 2.43. The van der Waals surface area contributed by atoms with Crippen LogP contribution in [0.15, 0.2) is 84.0 Å². The highest BCUT2D eigenvalue weighted by molar-refractivity contribution is 7.80. The number of para-hydroxylation sites is 1. The Balaban J connectivity index is 1.61. The molecule has 0 bridgehead atoms. The van der Waals surface area contributed by atoms with Crippen molar-refractivity contribution in [3.05, 3.63) is 90.0 Å². The number of thiocarbonyl (C=S) groups is 1. The van der Waals surface area contributed by atoms with Gasteiger partial charge in [0, 0.05) is 5.69 Å². The first-order chi connectivity index (χ1) is 14.2. The first-order valence-electron chi connectivity index (χ1n) is 8.76. The third-order valence-corrected chi connectivity index (χ3v) is 4.00. The van der Waals surface area contributed by atoms with Crippen molar-refractivity contribution in [2.75, 3.05) is 12.4 Å². The van der Waals surface area contributed by atoms with E-state index in [0.717, 1.165) is 11.3 Å². The first kappa shape index (κ1) is 20.0. The molecule has 0 saturated heterocycles. The van der Waals surface area contributed by atoms with E-state index in [1.165, 1.54) is 7.11 Å². The van der Waals surface area contributed by atoms with Gasteiger partial charge in [0.15, 0.2) is 16.6 Å². The minimum Gasteiger partial charge on any atom is -0.493 e. The molecule has 0 heterocycles. The molecule has 3 aromatic rings. The molecule has 29 heavy (non-hydrogen) atoms. The highest BCUT2D eigenvalue weighted by Gasteiger charge is 2.12. The fraction of sp³-hybridized carbons (Fsp3) is 0.0455. The smallest absolute Gasteiger partial charge is 0.343 e. The summed E-state index contributed by atoms with van der Waals surface area (Å²) >= 11 is 5.20. The summed E-state index contributed by atoms with van der Waals surface area (Å²) in [5.41, 5.74) is 4.82. The van der Waals surface area contributed by atoms with E-state index >= 15 is 0 Å². The van der Waals surface area contributed by atoms with E-state index in [9.17, 15) is 4.79 Å². The molecule has 3 aromatic carbocycles. The van der Waals surface area contributed by atoms with Crippen LogP contribution in [0.4, 0.5) is 5.69 Å². The van der Waals surface area contributed by atoms with Crippen LogP contribution < -0.4 is 20.2 Å². The molecule has 146 valence electrons. The number of anilines is 1. The number of hydrazone groups is 1. The molecule has 0 unspecified atom stereocenters. The lowest BCUT2D eigenvalue weighted by Gasteiger charge is -2.10. The van der Waals surface area contributed by atoms with Crippen LogP contribution >= 0.6 is 12.2 Å². The Hall–Kier alpha value is -3.71. The number of carbonyl (C=O) groups excluding carboxylic acids is 1. The highest BCUT2D eigenvalue weighted by Crippen LogP contribution is 2.28. The summed E-state index contributed by atoms with van der Waals surface area (Å²) in [7, 11) is 1.51. The summed E-state index contributed by atoms with van der Waals surface area (Å²) in [4.78, 5) is 12.2. The molecule has 2 N–H and O–H groups in total. The van der Waals surface area contributed by atoms with Crippen molar-refractivity contribution < 1.29 is 14.3 Å². The van der Waals surface area contributed by atoms with Gasteiger partial charge in [0.05, 0.1) is 18.9 Å². The van der Waals surface area contributed by atoms with Crippen molar-refractivity contribution in [1.82, 2.24) is 5.43 Å². The maximum Gasteiger partial charge on any atom is 0.343 e. The van der Waals surface area contributed by atoms with E-state index in [1.54, 1.807) is 48.7 Å². The number of rotatable bonds is 6. The van der Waals surface area contributed by atoms with Gasteiger partial charge in [0.25, 0.3) is 0 Å². The number of hydrogen-bond acceptors (Lipinski definition) is 5. The largest absolute Gasteiger partial charge is 0.493 e. The second kappa shape index (κ2) is 10.0. The van der Waals surface area contributed by atoms with Crippen molar-refractivity contribution in [3.63, 3.8) is 0 Å². The van der Waals surface area contributed by atoms with Crippen molar-refractivity contribution in [1.29, 1.82) is 0 Å². The topological polar surface area (TPSA) is 71.9 Å². The molecule has 0 aromatic heterocycles. The molecule has 6 nitrogen and oxygen atoms in total. The minimum atomic E-state index is -0.454. The van der Waals surface area contributed by atoms with Gasteiger partial charge in [-0.3, -0.25) is 5.43 Å². The maximum absolute atomic E-state index is 12.2. The SMILES string of the molecule is COc1cc(C=NNC(=S)Nc2ccccc2)ccc1OC(=O)c1ccccc1.